The summed E-state index contributed by atoms with van der Waals surface area (Å²) in [5, 5.41) is 3.18. The highest BCUT2D eigenvalue weighted by atomic mass is 35.5. The van der Waals surface area contributed by atoms with Gasteiger partial charge in [0.05, 0.1) is 10.4 Å². The molecule has 13 nitrogen and oxygen atoms in total. The second kappa shape index (κ2) is 21.6. The maximum atomic E-state index is 13.3. The molecule has 0 spiro atoms. The summed E-state index contributed by atoms with van der Waals surface area (Å²) >= 11 is 14.9. The Bertz CT molecular complexity index is 2990. The van der Waals surface area contributed by atoms with E-state index in [4.69, 9.17) is 37.7 Å². The summed E-state index contributed by atoms with van der Waals surface area (Å²) < 4.78 is 37.6. The largest absolute Gasteiger partial charge is 0.484 e. The maximum Gasteiger partial charge on any atom is 0.260 e. The predicted octanol–water partition coefficient (Wildman–Crippen LogP) is 9.27. The molecule has 2 amide bonds. The van der Waals surface area contributed by atoms with Gasteiger partial charge in [-0.1, -0.05) is 58.8 Å². The normalized spacial score (nSPS) is 13.9. The number of fused-ring (bicyclic) bond motifs is 2. The summed E-state index contributed by atoms with van der Waals surface area (Å²) in [6.07, 6.45) is 4.67. The molecule has 4 aromatic heterocycles. The highest BCUT2D eigenvalue weighted by Gasteiger charge is 2.26. The number of carbonyl (C=O) groups is 2. The summed E-state index contributed by atoms with van der Waals surface area (Å²) in [5.74, 6) is 2.29. The molecule has 0 unspecified atom stereocenters. The van der Waals surface area contributed by atoms with Crippen LogP contribution in [0, 0.1) is 11.6 Å². The zero-order valence-electron chi connectivity index (χ0n) is 36.4. The van der Waals surface area contributed by atoms with Crippen molar-refractivity contribution < 1.29 is 27.8 Å². The van der Waals surface area contributed by atoms with Crippen molar-refractivity contribution in [1.82, 2.24) is 34.7 Å². The first-order valence-corrected chi connectivity index (χ1v) is 24.2. The highest BCUT2D eigenvalue weighted by Crippen LogP contribution is 2.36. The van der Waals surface area contributed by atoms with Gasteiger partial charge in [0.15, 0.2) is 19.0 Å². The molecule has 0 aliphatic carbocycles. The van der Waals surface area contributed by atoms with E-state index < -0.39 is 0 Å². The van der Waals surface area contributed by atoms with Gasteiger partial charge in [-0.15, -0.1) is 11.3 Å². The van der Waals surface area contributed by atoms with Gasteiger partial charge in [0.1, 0.15) is 56.8 Å². The Kier molecular flexibility index (Phi) is 14.8. The molecule has 2 saturated heterocycles. The van der Waals surface area contributed by atoms with Crippen LogP contribution in [0.1, 0.15) is 10.6 Å². The molecule has 10 rings (SSSR count). The summed E-state index contributed by atoms with van der Waals surface area (Å²) in [6.45, 7) is 4.95. The second-order valence-corrected chi connectivity index (χ2v) is 18.8. The molecule has 2 aliphatic rings. The predicted molar refractivity (Wildman–Crippen MR) is 263 cm³/mol. The molecular weight excluding hydrogens is 952 g/mol. The standard InChI is InChI=1S/C25H23ClFN5O2S.C24H20ClFN4O2S/c26-18-4-8-20(9-5-18)34-15-22(33)31-11-13-32(14-12-31)24-23-25(29-16-28-24)35-21(30-23)10-3-17-1-6-19(27)7-2-17;25-17-3-7-19(8-4-17)32-14-22(31)29-9-11-30(12-10-29)23-20-13-21(33-24(20)28-15-27-23)16-1-5-18(26)6-2-16/h1-2,4-9,16H,3,10-15H2;1-8,13,15H,9-12,14H2. The number of halogens is 4. The van der Waals surface area contributed by atoms with E-state index >= 15 is 0 Å². The summed E-state index contributed by atoms with van der Waals surface area (Å²) in [6, 6.07) is 29.0. The van der Waals surface area contributed by atoms with Crippen LogP contribution < -0.4 is 19.3 Å². The van der Waals surface area contributed by atoms with Crippen molar-refractivity contribution in [3.8, 4) is 21.9 Å². The van der Waals surface area contributed by atoms with Crippen molar-refractivity contribution >= 4 is 89.9 Å². The number of aromatic nitrogens is 5. The number of hydrogen-bond acceptors (Lipinski definition) is 13. The quantitative estimate of drug-likeness (QED) is 0.116. The van der Waals surface area contributed by atoms with Gasteiger partial charge in [-0.3, -0.25) is 9.59 Å². The Morgan fingerprint density at radius 1 is 0.574 bits per heavy atom. The van der Waals surface area contributed by atoms with E-state index in [1.807, 2.05) is 4.90 Å². The fourth-order valence-electron chi connectivity index (χ4n) is 7.75. The molecule has 0 radical (unpaired) electrons. The van der Waals surface area contributed by atoms with Crippen LogP contribution in [0.25, 0.3) is 31.0 Å². The first-order valence-electron chi connectivity index (χ1n) is 21.8. The summed E-state index contributed by atoms with van der Waals surface area (Å²) in [5.41, 5.74) is 2.80. The lowest BCUT2D eigenvalue weighted by Crippen LogP contribution is -2.50. The minimum Gasteiger partial charge on any atom is -0.484 e. The van der Waals surface area contributed by atoms with Crippen LogP contribution in [0.5, 0.6) is 11.5 Å². The van der Waals surface area contributed by atoms with E-state index in [0.29, 0.717) is 73.9 Å². The molecule has 68 heavy (non-hydrogen) atoms. The fourth-order valence-corrected chi connectivity index (χ4v) is 9.90. The maximum absolute atomic E-state index is 13.3. The van der Waals surface area contributed by atoms with E-state index in [1.165, 1.54) is 24.3 Å². The monoisotopic (exact) mass is 993 g/mol. The summed E-state index contributed by atoms with van der Waals surface area (Å²) in [4.78, 5) is 58.5. The van der Waals surface area contributed by atoms with E-state index in [2.05, 4.69) is 35.8 Å². The van der Waals surface area contributed by atoms with Crippen LogP contribution in [-0.2, 0) is 22.4 Å². The number of ether oxygens (including phenoxy) is 2. The lowest BCUT2D eigenvalue weighted by atomic mass is 10.1. The molecule has 2 fully saturated rings. The number of rotatable bonds is 12. The number of nitrogens with zero attached hydrogens (tertiary/aromatic N) is 9. The topological polar surface area (TPSA) is 130 Å². The first-order chi connectivity index (χ1) is 33.1. The average molecular weight is 995 g/mol. The Hall–Kier alpha value is -6.53. The molecule has 8 aromatic rings. The third-order valence-electron chi connectivity index (χ3n) is 11.4. The molecule has 0 atom stereocenters. The molecule has 19 heteroatoms. The van der Waals surface area contributed by atoms with Crippen LogP contribution in [-0.4, -0.2) is 112 Å². The van der Waals surface area contributed by atoms with Gasteiger partial charge >= 0.3 is 0 Å². The van der Waals surface area contributed by atoms with E-state index in [9.17, 15) is 18.4 Å². The highest BCUT2D eigenvalue weighted by molar-refractivity contribution is 7.22. The lowest BCUT2D eigenvalue weighted by molar-refractivity contribution is -0.134. The van der Waals surface area contributed by atoms with Gasteiger partial charge in [-0.25, -0.2) is 33.7 Å². The molecule has 0 bridgehead atoms. The molecule has 4 aromatic carbocycles. The zero-order chi connectivity index (χ0) is 47.0. The first kappa shape index (κ1) is 46.6. The van der Waals surface area contributed by atoms with E-state index in [0.717, 1.165) is 66.1 Å². The third kappa shape index (κ3) is 11.6. The van der Waals surface area contributed by atoms with Crippen LogP contribution in [0.15, 0.2) is 116 Å². The number of thiophene rings is 1. The number of piperazine rings is 2. The van der Waals surface area contributed by atoms with Crippen molar-refractivity contribution in [2.75, 3.05) is 75.4 Å². The second-order valence-electron chi connectivity index (χ2n) is 15.8. The summed E-state index contributed by atoms with van der Waals surface area (Å²) in [7, 11) is 0. The number of thiazole rings is 1. The van der Waals surface area contributed by atoms with Crippen LogP contribution in [0.3, 0.4) is 0 Å². The SMILES string of the molecule is O=C(COc1ccc(Cl)cc1)N1CCN(c2ncnc3sc(-c4ccc(F)cc4)cc23)CC1.O=C(COc1ccc(Cl)cc1)N1CCN(c2ncnc3sc(CCc4ccc(F)cc4)nc23)CC1. The number of aryl methyl sites for hydroxylation is 2. The van der Waals surface area contributed by atoms with Gasteiger partial charge < -0.3 is 29.1 Å². The molecule has 6 heterocycles. The minimum atomic E-state index is -0.258. The average Bonchev–Trinajstić information content (AvgIpc) is 4.01. The number of carbonyl (C=O) groups excluding carboxylic acids is 2. The Labute approximate surface area is 408 Å². The van der Waals surface area contributed by atoms with Gasteiger partial charge in [-0.2, -0.15) is 0 Å². The van der Waals surface area contributed by atoms with Crippen molar-refractivity contribution in [1.29, 1.82) is 0 Å². The third-order valence-corrected chi connectivity index (χ3v) is 14.0. The van der Waals surface area contributed by atoms with Crippen molar-refractivity contribution in [2.24, 2.45) is 0 Å². The molecule has 0 N–H and O–H groups in total. The van der Waals surface area contributed by atoms with Crippen molar-refractivity contribution in [3.05, 3.63) is 148 Å². The smallest absolute Gasteiger partial charge is 0.260 e. The fraction of sp³-hybridized carbons (Fsp3) is 0.245. The zero-order valence-corrected chi connectivity index (χ0v) is 39.6. The van der Waals surface area contributed by atoms with E-state index in [1.54, 1.807) is 113 Å². The number of benzene rings is 4. The lowest BCUT2D eigenvalue weighted by Gasteiger charge is -2.35. The molecular formula is C49H43Cl2F2N9O4S2. The van der Waals surface area contributed by atoms with Gasteiger partial charge in [0.2, 0.25) is 0 Å². The number of anilines is 2. The van der Waals surface area contributed by atoms with E-state index in [-0.39, 0.29) is 36.7 Å². The molecule has 348 valence electrons. The van der Waals surface area contributed by atoms with Gasteiger partial charge in [0, 0.05) is 73.7 Å². The Morgan fingerprint density at radius 3 is 1.63 bits per heavy atom. The van der Waals surface area contributed by atoms with Crippen molar-refractivity contribution in [2.45, 2.75) is 12.8 Å². The molecule has 2 aliphatic heterocycles. The number of hydrogen-bond donors (Lipinski definition) is 0. The number of amides is 2. The van der Waals surface area contributed by atoms with Crippen LogP contribution >= 0.6 is 45.9 Å². The Morgan fingerprint density at radius 2 is 1.07 bits per heavy atom. The van der Waals surface area contributed by atoms with Crippen LogP contribution in [0.4, 0.5) is 20.4 Å². The Balaban J connectivity index is 0.000000170. The van der Waals surface area contributed by atoms with Crippen molar-refractivity contribution in [3.63, 3.8) is 0 Å². The molecule has 0 saturated carbocycles. The van der Waals surface area contributed by atoms with Gasteiger partial charge in [0.25, 0.3) is 11.8 Å². The van der Waals surface area contributed by atoms with Gasteiger partial charge in [-0.05, 0) is 96.4 Å². The minimum absolute atomic E-state index is 0.00898. The van der Waals surface area contributed by atoms with Crippen LogP contribution in [0.2, 0.25) is 10.0 Å².